The smallest absolute Gasteiger partial charge is 0.218 e. The lowest BCUT2D eigenvalue weighted by molar-refractivity contribution is 0.0303. The molecule has 26 heavy (non-hydrogen) atoms. The first kappa shape index (κ1) is 19.1. The molecule has 2 aromatic rings. The van der Waals surface area contributed by atoms with Crippen LogP contribution in [0.4, 0.5) is 0 Å². The highest BCUT2D eigenvalue weighted by Gasteiger charge is 2.32. The summed E-state index contributed by atoms with van der Waals surface area (Å²) in [7, 11) is -1.54. The van der Waals surface area contributed by atoms with E-state index in [1.807, 2.05) is 49.4 Å². The van der Waals surface area contributed by atoms with Crippen LogP contribution in [0.3, 0.4) is 0 Å². The standard InChI is InChI=1S/C21H27NO3S/c1-17-8-10-18(11-9-17)16-26(23,24)22-14-12-20(13-15-22)21(25-2)19-6-4-3-5-7-19/h3-11,20-21H,12-16H2,1-2H3. The van der Waals surface area contributed by atoms with Gasteiger partial charge in [0.05, 0.1) is 11.9 Å². The molecule has 3 rings (SSSR count). The fraction of sp³-hybridized carbons (Fsp3) is 0.429. The molecule has 1 atom stereocenters. The Labute approximate surface area is 156 Å². The average molecular weight is 374 g/mol. The van der Waals surface area contributed by atoms with Gasteiger partial charge in [0.25, 0.3) is 0 Å². The van der Waals surface area contributed by atoms with Crippen LogP contribution in [0.2, 0.25) is 0 Å². The normalized spacial score (nSPS) is 17.9. The minimum absolute atomic E-state index is 0.0261. The molecule has 140 valence electrons. The zero-order valence-electron chi connectivity index (χ0n) is 15.5. The maximum absolute atomic E-state index is 12.8. The van der Waals surface area contributed by atoms with Crippen molar-refractivity contribution >= 4 is 10.0 Å². The second-order valence-electron chi connectivity index (χ2n) is 7.05. The summed E-state index contributed by atoms with van der Waals surface area (Å²) in [5, 5.41) is 0. The van der Waals surface area contributed by atoms with E-state index in [0.29, 0.717) is 19.0 Å². The fourth-order valence-electron chi connectivity index (χ4n) is 3.69. The number of benzene rings is 2. The van der Waals surface area contributed by atoms with Crippen molar-refractivity contribution in [2.24, 2.45) is 5.92 Å². The molecule has 0 N–H and O–H groups in total. The molecule has 0 radical (unpaired) electrons. The third kappa shape index (κ3) is 4.53. The molecule has 5 heteroatoms. The second kappa shape index (κ2) is 8.33. The summed E-state index contributed by atoms with van der Waals surface area (Å²) in [5.74, 6) is 0.415. The summed E-state index contributed by atoms with van der Waals surface area (Å²) in [4.78, 5) is 0. The van der Waals surface area contributed by atoms with Crippen molar-refractivity contribution in [1.29, 1.82) is 0 Å². The Morgan fingerprint density at radius 3 is 2.23 bits per heavy atom. The summed E-state index contributed by atoms with van der Waals surface area (Å²) in [6, 6.07) is 17.9. The van der Waals surface area contributed by atoms with Gasteiger partial charge >= 0.3 is 0 Å². The zero-order valence-corrected chi connectivity index (χ0v) is 16.3. The second-order valence-corrected chi connectivity index (χ2v) is 9.01. The number of nitrogens with zero attached hydrogens (tertiary/aromatic N) is 1. The topological polar surface area (TPSA) is 46.6 Å². The summed E-state index contributed by atoms with van der Waals surface area (Å²) < 4.78 is 32.9. The molecule has 0 aliphatic carbocycles. The Morgan fingerprint density at radius 1 is 1.04 bits per heavy atom. The summed E-state index contributed by atoms with van der Waals surface area (Å²) in [6.07, 6.45) is 1.67. The van der Waals surface area contributed by atoms with Crippen LogP contribution in [0.5, 0.6) is 0 Å². The van der Waals surface area contributed by atoms with Gasteiger partial charge in [0.2, 0.25) is 10.0 Å². The van der Waals surface area contributed by atoms with E-state index in [9.17, 15) is 8.42 Å². The lowest BCUT2D eigenvalue weighted by Gasteiger charge is -2.35. The van der Waals surface area contributed by atoms with Crippen LogP contribution < -0.4 is 0 Å². The lowest BCUT2D eigenvalue weighted by atomic mass is 9.88. The molecule has 1 heterocycles. The van der Waals surface area contributed by atoms with Gasteiger partial charge in [-0.3, -0.25) is 0 Å². The predicted octanol–water partition coefficient (Wildman–Crippen LogP) is 3.92. The van der Waals surface area contributed by atoms with Crippen molar-refractivity contribution < 1.29 is 13.2 Å². The molecule has 1 saturated heterocycles. The molecule has 0 bridgehead atoms. The van der Waals surface area contributed by atoms with Gasteiger partial charge in [-0.15, -0.1) is 0 Å². The monoisotopic (exact) mass is 373 g/mol. The maximum atomic E-state index is 12.8. The van der Waals surface area contributed by atoms with Crippen LogP contribution in [-0.4, -0.2) is 32.9 Å². The first-order chi connectivity index (χ1) is 12.5. The van der Waals surface area contributed by atoms with Crippen LogP contribution in [0.1, 0.15) is 35.6 Å². The van der Waals surface area contributed by atoms with E-state index in [2.05, 4.69) is 12.1 Å². The van der Waals surface area contributed by atoms with Gasteiger partial charge in [-0.25, -0.2) is 12.7 Å². The number of ether oxygens (including phenoxy) is 1. The van der Waals surface area contributed by atoms with E-state index in [1.54, 1.807) is 11.4 Å². The number of methoxy groups -OCH3 is 1. The Hall–Kier alpha value is -1.69. The van der Waals surface area contributed by atoms with Gasteiger partial charge < -0.3 is 4.74 Å². The molecule has 1 aliphatic rings. The number of hydrogen-bond acceptors (Lipinski definition) is 3. The molecule has 4 nitrogen and oxygen atoms in total. The minimum Gasteiger partial charge on any atom is -0.376 e. The Kier molecular flexibility index (Phi) is 6.12. The van der Waals surface area contributed by atoms with Crippen molar-refractivity contribution in [1.82, 2.24) is 4.31 Å². The number of rotatable bonds is 6. The third-order valence-corrected chi connectivity index (χ3v) is 7.02. The molecule has 0 spiro atoms. The van der Waals surface area contributed by atoms with E-state index < -0.39 is 10.0 Å². The average Bonchev–Trinajstić information content (AvgIpc) is 2.65. The molecular weight excluding hydrogens is 346 g/mol. The molecule has 0 aromatic heterocycles. The number of aryl methyl sites for hydroxylation is 1. The third-order valence-electron chi connectivity index (χ3n) is 5.17. The molecular formula is C21H27NO3S. The highest BCUT2D eigenvalue weighted by atomic mass is 32.2. The number of piperidine rings is 1. The maximum Gasteiger partial charge on any atom is 0.218 e. The van der Waals surface area contributed by atoms with Gasteiger partial charge in [0, 0.05) is 20.2 Å². The van der Waals surface area contributed by atoms with Crippen LogP contribution in [0.25, 0.3) is 0 Å². The molecule has 1 unspecified atom stereocenters. The van der Waals surface area contributed by atoms with E-state index >= 15 is 0 Å². The fourth-order valence-corrected chi connectivity index (χ4v) is 5.25. The predicted molar refractivity (Wildman–Crippen MR) is 104 cm³/mol. The minimum atomic E-state index is -3.28. The van der Waals surface area contributed by atoms with Crippen molar-refractivity contribution in [2.75, 3.05) is 20.2 Å². The van der Waals surface area contributed by atoms with E-state index in [4.69, 9.17) is 4.74 Å². The van der Waals surface area contributed by atoms with Gasteiger partial charge in [0.1, 0.15) is 0 Å². The van der Waals surface area contributed by atoms with Crippen LogP contribution in [-0.2, 0) is 20.5 Å². The van der Waals surface area contributed by atoms with Crippen LogP contribution >= 0.6 is 0 Å². The highest BCUT2D eigenvalue weighted by Crippen LogP contribution is 2.34. The van der Waals surface area contributed by atoms with Crippen molar-refractivity contribution in [3.8, 4) is 0 Å². The largest absolute Gasteiger partial charge is 0.376 e. The van der Waals surface area contributed by atoms with Gasteiger partial charge in [-0.2, -0.15) is 0 Å². The summed E-state index contributed by atoms with van der Waals surface area (Å²) in [6.45, 7) is 3.12. The molecule has 2 aromatic carbocycles. The Morgan fingerprint density at radius 2 is 1.65 bits per heavy atom. The van der Waals surface area contributed by atoms with E-state index in [-0.39, 0.29) is 11.9 Å². The first-order valence-electron chi connectivity index (χ1n) is 9.11. The molecule has 0 saturated carbocycles. The van der Waals surface area contributed by atoms with Gasteiger partial charge in [0.15, 0.2) is 0 Å². The van der Waals surface area contributed by atoms with Gasteiger partial charge in [-0.05, 0) is 36.8 Å². The first-order valence-corrected chi connectivity index (χ1v) is 10.7. The summed E-state index contributed by atoms with van der Waals surface area (Å²) >= 11 is 0. The lowest BCUT2D eigenvalue weighted by Crippen LogP contribution is -2.40. The number of hydrogen-bond donors (Lipinski definition) is 0. The Balaban J connectivity index is 1.62. The van der Waals surface area contributed by atoms with Crippen LogP contribution in [0, 0.1) is 12.8 Å². The van der Waals surface area contributed by atoms with Gasteiger partial charge in [-0.1, -0.05) is 60.2 Å². The van der Waals surface area contributed by atoms with Crippen LogP contribution in [0.15, 0.2) is 54.6 Å². The van der Waals surface area contributed by atoms with E-state index in [0.717, 1.165) is 29.5 Å². The molecule has 1 fully saturated rings. The SMILES string of the molecule is COC(c1ccccc1)C1CCN(S(=O)(=O)Cc2ccc(C)cc2)CC1. The Bertz CT molecular complexity index is 795. The number of sulfonamides is 1. The quantitative estimate of drug-likeness (QED) is 0.771. The van der Waals surface area contributed by atoms with Crippen molar-refractivity contribution in [2.45, 2.75) is 31.6 Å². The summed E-state index contributed by atoms with van der Waals surface area (Å²) in [5.41, 5.74) is 3.14. The van der Waals surface area contributed by atoms with Crippen molar-refractivity contribution in [3.05, 3.63) is 71.3 Å². The van der Waals surface area contributed by atoms with E-state index in [1.165, 1.54) is 0 Å². The molecule has 0 amide bonds. The highest BCUT2D eigenvalue weighted by molar-refractivity contribution is 7.88. The zero-order chi connectivity index (χ0) is 18.6. The molecule has 1 aliphatic heterocycles. The van der Waals surface area contributed by atoms with Crippen molar-refractivity contribution in [3.63, 3.8) is 0 Å².